The molecular formula is C24H24ClNO3. The van der Waals surface area contributed by atoms with Crippen LogP contribution >= 0.6 is 11.6 Å². The van der Waals surface area contributed by atoms with Crippen molar-refractivity contribution in [2.24, 2.45) is 0 Å². The molecule has 1 aliphatic rings. The SMILES string of the molecule is O=C(CC(C(=O)O)c1c[nH]c2ccc(C3CCCCC3)cc12)c1ccc(Cl)cc1. The van der Waals surface area contributed by atoms with Gasteiger partial charge in [-0.1, -0.05) is 36.9 Å². The molecule has 29 heavy (non-hydrogen) atoms. The van der Waals surface area contributed by atoms with Crippen molar-refractivity contribution in [3.63, 3.8) is 0 Å². The van der Waals surface area contributed by atoms with E-state index < -0.39 is 11.9 Å². The Morgan fingerprint density at radius 3 is 2.48 bits per heavy atom. The van der Waals surface area contributed by atoms with Crippen LogP contribution in [0.5, 0.6) is 0 Å². The number of nitrogens with one attached hydrogen (secondary N) is 1. The molecule has 1 heterocycles. The summed E-state index contributed by atoms with van der Waals surface area (Å²) in [7, 11) is 0. The van der Waals surface area contributed by atoms with Gasteiger partial charge in [-0.3, -0.25) is 9.59 Å². The summed E-state index contributed by atoms with van der Waals surface area (Å²) in [6.45, 7) is 0. The second-order valence-electron chi connectivity index (χ2n) is 7.91. The van der Waals surface area contributed by atoms with E-state index in [4.69, 9.17) is 11.6 Å². The molecule has 1 unspecified atom stereocenters. The molecule has 1 aromatic heterocycles. The molecule has 0 amide bonds. The molecule has 0 bridgehead atoms. The molecule has 5 heteroatoms. The van der Waals surface area contributed by atoms with E-state index in [1.807, 2.05) is 6.07 Å². The summed E-state index contributed by atoms with van der Waals surface area (Å²) in [5.74, 6) is -1.55. The number of carboxylic acids is 1. The molecule has 2 N–H and O–H groups in total. The van der Waals surface area contributed by atoms with Crippen LogP contribution in [-0.2, 0) is 4.79 Å². The van der Waals surface area contributed by atoms with E-state index in [0.717, 1.165) is 10.9 Å². The van der Waals surface area contributed by atoms with E-state index in [1.165, 1.54) is 37.7 Å². The highest BCUT2D eigenvalue weighted by atomic mass is 35.5. The fourth-order valence-corrected chi connectivity index (χ4v) is 4.53. The van der Waals surface area contributed by atoms with Crippen molar-refractivity contribution in [2.75, 3.05) is 0 Å². The molecule has 150 valence electrons. The third-order valence-electron chi connectivity index (χ3n) is 6.04. The molecule has 1 fully saturated rings. The number of carbonyl (C=O) groups is 2. The molecule has 3 aromatic rings. The first kappa shape index (κ1) is 19.7. The van der Waals surface area contributed by atoms with Crippen molar-refractivity contribution in [3.8, 4) is 0 Å². The smallest absolute Gasteiger partial charge is 0.311 e. The third kappa shape index (κ3) is 4.23. The first-order valence-corrected chi connectivity index (χ1v) is 10.5. The van der Waals surface area contributed by atoms with E-state index in [2.05, 4.69) is 17.1 Å². The number of carboxylic acid groups (broad SMARTS) is 1. The number of aromatic nitrogens is 1. The monoisotopic (exact) mass is 409 g/mol. The minimum Gasteiger partial charge on any atom is -0.481 e. The first-order valence-electron chi connectivity index (χ1n) is 10.2. The summed E-state index contributed by atoms with van der Waals surface area (Å²) in [5.41, 5.74) is 3.33. The normalized spacial score (nSPS) is 16.0. The van der Waals surface area contributed by atoms with Gasteiger partial charge in [0, 0.05) is 34.1 Å². The molecule has 0 aliphatic heterocycles. The quantitative estimate of drug-likeness (QED) is 0.468. The molecule has 1 saturated carbocycles. The fourth-order valence-electron chi connectivity index (χ4n) is 4.41. The van der Waals surface area contributed by atoms with Gasteiger partial charge < -0.3 is 10.1 Å². The molecule has 0 spiro atoms. The fraction of sp³-hybridized carbons (Fsp3) is 0.333. The van der Waals surface area contributed by atoms with Gasteiger partial charge in [0.05, 0.1) is 5.92 Å². The number of hydrogen-bond donors (Lipinski definition) is 2. The zero-order valence-corrected chi connectivity index (χ0v) is 16.9. The largest absolute Gasteiger partial charge is 0.481 e. The van der Waals surface area contributed by atoms with E-state index in [1.54, 1.807) is 30.5 Å². The Hall–Kier alpha value is -2.59. The van der Waals surface area contributed by atoms with Crippen molar-refractivity contribution >= 4 is 34.3 Å². The average Bonchev–Trinajstić information content (AvgIpc) is 3.15. The number of fused-ring (bicyclic) bond motifs is 1. The number of halogens is 1. The topological polar surface area (TPSA) is 70.2 Å². The minimum atomic E-state index is -0.990. The maximum absolute atomic E-state index is 12.7. The lowest BCUT2D eigenvalue weighted by Gasteiger charge is -2.22. The van der Waals surface area contributed by atoms with Gasteiger partial charge in [-0.05, 0) is 66.3 Å². The van der Waals surface area contributed by atoms with Gasteiger partial charge >= 0.3 is 5.97 Å². The van der Waals surface area contributed by atoms with Crippen molar-refractivity contribution in [2.45, 2.75) is 50.4 Å². The van der Waals surface area contributed by atoms with Gasteiger partial charge in [-0.2, -0.15) is 0 Å². The summed E-state index contributed by atoms with van der Waals surface area (Å²) in [4.78, 5) is 27.9. The predicted octanol–water partition coefficient (Wildman–Crippen LogP) is 6.31. The summed E-state index contributed by atoms with van der Waals surface area (Å²) in [6.07, 6.45) is 7.81. The standard InChI is InChI=1S/C24H24ClNO3/c25-18-9-6-16(7-10-18)23(27)13-20(24(28)29)21-14-26-22-11-8-17(12-19(21)22)15-4-2-1-3-5-15/h6-12,14-15,20,26H,1-5,13H2,(H,28,29). The highest BCUT2D eigenvalue weighted by Gasteiger charge is 2.27. The highest BCUT2D eigenvalue weighted by molar-refractivity contribution is 6.30. The lowest BCUT2D eigenvalue weighted by Crippen LogP contribution is -2.16. The number of benzene rings is 2. The van der Waals surface area contributed by atoms with Crippen LogP contribution in [0.15, 0.2) is 48.7 Å². The minimum absolute atomic E-state index is 0.0857. The zero-order chi connectivity index (χ0) is 20.4. The van der Waals surface area contributed by atoms with E-state index in [-0.39, 0.29) is 12.2 Å². The molecule has 1 atom stereocenters. The number of H-pyrrole nitrogens is 1. The van der Waals surface area contributed by atoms with Gasteiger partial charge in [-0.15, -0.1) is 0 Å². The molecule has 0 radical (unpaired) electrons. The number of Topliss-reactive ketones (excluding diaryl/α,β-unsaturated/α-hetero) is 1. The average molecular weight is 410 g/mol. The Labute approximate surface area is 174 Å². The van der Waals surface area contributed by atoms with Crippen molar-refractivity contribution < 1.29 is 14.7 Å². The molecule has 0 saturated heterocycles. The van der Waals surface area contributed by atoms with Gasteiger partial charge in [-0.25, -0.2) is 0 Å². The molecule has 4 rings (SSSR count). The van der Waals surface area contributed by atoms with Crippen molar-refractivity contribution in [3.05, 3.63) is 70.4 Å². The Kier molecular flexibility index (Phi) is 5.72. The second-order valence-corrected chi connectivity index (χ2v) is 8.35. The number of rotatable bonds is 6. The Morgan fingerprint density at radius 1 is 1.07 bits per heavy atom. The van der Waals surface area contributed by atoms with Gasteiger partial charge in [0.1, 0.15) is 0 Å². The van der Waals surface area contributed by atoms with Crippen LogP contribution in [-0.4, -0.2) is 21.8 Å². The molecule has 2 aromatic carbocycles. The maximum atomic E-state index is 12.7. The first-order chi connectivity index (χ1) is 14.0. The molecular weight excluding hydrogens is 386 g/mol. The van der Waals surface area contributed by atoms with Gasteiger partial charge in [0.15, 0.2) is 5.78 Å². The zero-order valence-electron chi connectivity index (χ0n) is 16.2. The number of hydrogen-bond acceptors (Lipinski definition) is 2. The number of aliphatic carboxylic acids is 1. The highest BCUT2D eigenvalue weighted by Crippen LogP contribution is 2.36. The summed E-state index contributed by atoms with van der Waals surface area (Å²) in [6, 6.07) is 12.9. The van der Waals surface area contributed by atoms with Crippen molar-refractivity contribution in [1.29, 1.82) is 0 Å². The molecule has 1 aliphatic carbocycles. The van der Waals surface area contributed by atoms with Crippen LogP contribution in [0.25, 0.3) is 10.9 Å². The van der Waals surface area contributed by atoms with Crippen molar-refractivity contribution in [1.82, 2.24) is 4.98 Å². The third-order valence-corrected chi connectivity index (χ3v) is 6.30. The number of carbonyl (C=O) groups excluding carboxylic acids is 1. The van der Waals surface area contributed by atoms with E-state index in [0.29, 0.717) is 22.1 Å². The maximum Gasteiger partial charge on any atom is 0.311 e. The van der Waals surface area contributed by atoms with Crippen LogP contribution in [0, 0.1) is 0 Å². The van der Waals surface area contributed by atoms with Crippen LogP contribution in [0.2, 0.25) is 5.02 Å². The summed E-state index contributed by atoms with van der Waals surface area (Å²) >= 11 is 5.89. The predicted molar refractivity (Wildman–Crippen MR) is 115 cm³/mol. The number of ketones is 1. The van der Waals surface area contributed by atoms with Gasteiger partial charge in [0.25, 0.3) is 0 Å². The Morgan fingerprint density at radius 2 is 1.79 bits per heavy atom. The van der Waals surface area contributed by atoms with Crippen LogP contribution in [0.1, 0.15) is 71.8 Å². The second kappa shape index (κ2) is 8.42. The van der Waals surface area contributed by atoms with Crippen LogP contribution in [0.3, 0.4) is 0 Å². The van der Waals surface area contributed by atoms with Crippen LogP contribution < -0.4 is 0 Å². The van der Waals surface area contributed by atoms with E-state index >= 15 is 0 Å². The van der Waals surface area contributed by atoms with E-state index in [9.17, 15) is 14.7 Å². The molecule has 4 nitrogen and oxygen atoms in total. The van der Waals surface area contributed by atoms with Crippen LogP contribution in [0.4, 0.5) is 0 Å². The lowest BCUT2D eigenvalue weighted by molar-refractivity contribution is -0.138. The summed E-state index contributed by atoms with van der Waals surface area (Å²) < 4.78 is 0. The number of aromatic amines is 1. The Bertz CT molecular complexity index is 1030. The Balaban J connectivity index is 1.65. The van der Waals surface area contributed by atoms with Gasteiger partial charge in [0.2, 0.25) is 0 Å². The summed E-state index contributed by atoms with van der Waals surface area (Å²) in [5, 5.41) is 11.3. The lowest BCUT2D eigenvalue weighted by atomic mass is 9.83.